The molecule has 0 aliphatic heterocycles. The third-order valence-electron chi connectivity index (χ3n) is 5.44. The molecular formula is C23H20FN5O2. The van der Waals surface area contributed by atoms with E-state index in [9.17, 15) is 14.0 Å². The van der Waals surface area contributed by atoms with E-state index in [0.717, 1.165) is 35.2 Å². The van der Waals surface area contributed by atoms with Crippen LogP contribution in [0.15, 0.2) is 59.5 Å². The minimum absolute atomic E-state index is 0.245. The maximum absolute atomic E-state index is 13.3. The average Bonchev–Trinajstić information content (AvgIpc) is 3.50. The van der Waals surface area contributed by atoms with Crippen LogP contribution in [0.25, 0.3) is 16.6 Å². The van der Waals surface area contributed by atoms with E-state index >= 15 is 0 Å². The Kier molecular flexibility index (Phi) is 4.62. The molecule has 0 radical (unpaired) electrons. The Bertz CT molecular complexity index is 1350. The molecule has 0 unspecified atom stereocenters. The summed E-state index contributed by atoms with van der Waals surface area (Å²) in [6.07, 6.45) is 3.68. The number of carbonyl (C=O) groups excluding carboxylic acids is 1. The predicted molar refractivity (Wildman–Crippen MR) is 115 cm³/mol. The molecule has 4 aromatic rings. The maximum atomic E-state index is 13.3. The van der Waals surface area contributed by atoms with Crippen LogP contribution in [0.3, 0.4) is 0 Å². The van der Waals surface area contributed by atoms with Crippen molar-refractivity contribution in [1.29, 1.82) is 0 Å². The Balaban J connectivity index is 1.57. The summed E-state index contributed by atoms with van der Waals surface area (Å²) in [5.74, 6) is -0.534. The van der Waals surface area contributed by atoms with E-state index in [1.165, 1.54) is 28.9 Å². The third-order valence-corrected chi connectivity index (χ3v) is 5.44. The van der Waals surface area contributed by atoms with Crippen molar-refractivity contribution in [3.63, 3.8) is 0 Å². The molecule has 5 rings (SSSR count). The predicted octanol–water partition coefficient (Wildman–Crippen LogP) is 3.55. The molecule has 1 N–H and O–H groups in total. The van der Waals surface area contributed by atoms with Crippen LogP contribution in [0.5, 0.6) is 0 Å². The van der Waals surface area contributed by atoms with Crippen molar-refractivity contribution in [3.8, 4) is 5.69 Å². The van der Waals surface area contributed by atoms with E-state index in [0.29, 0.717) is 11.2 Å². The van der Waals surface area contributed by atoms with Crippen LogP contribution in [-0.2, 0) is 11.3 Å². The van der Waals surface area contributed by atoms with Gasteiger partial charge in [-0.05, 0) is 55.7 Å². The number of hydrogen-bond donors (Lipinski definition) is 1. The van der Waals surface area contributed by atoms with Crippen molar-refractivity contribution >= 4 is 22.5 Å². The van der Waals surface area contributed by atoms with Gasteiger partial charge in [0, 0.05) is 17.0 Å². The zero-order valence-corrected chi connectivity index (χ0v) is 16.9. The standard InChI is InChI=1S/C23H20FN5O2/c1-14-4-2-3-5-19(14)29-22-18(12-25-29)21(15-6-7-15)27-28(23(22)31)13-20(30)26-17-10-8-16(24)9-11-17/h2-5,8-12,15H,6-7,13H2,1H3,(H,26,30). The molecule has 1 aliphatic rings. The van der Waals surface area contributed by atoms with Crippen LogP contribution in [0, 0.1) is 12.7 Å². The summed E-state index contributed by atoms with van der Waals surface area (Å²) >= 11 is 0. The monoisotopic (exact) mass is 417 g/mol. The van der Waals surface area contributed by atoms with Crippen LogP contribution >= 0.6 is 0 Å². The van der Waals surface area contributed by atoms with E-state index in [1.54, 1.807) is 10.9 Å². The molecule has 0 saturated heterocycles. The van der Waals surface area contributed by atoms with Crippen LogP contribution in [0.2, 0.25) is 0 Å². The molecule has 7 nitrogen and oxygen atoms in total. The molecule has 1 saturated carbocycles. The first-order chi connectivity index (χ1) is 15.0. The number of aryl methyl sites for hydroxylation is 1. The van der Waals surface area contributed by atoms with Crippen molar-refractivity contribution in [3.05, 3.63) is 82.2 Å². The number of amides is 1. The lowest BCUT2D eigenvalue weighted by atomic mass is 10.2. The van der Waals surface area contributed by atoms with Gasteiger partial charge in [0.15, 0.2) is 0 Å². The highest BCUT2D eigenvalue weighted by Crippen LogP contribution is 2.41. The van der Waals surface area contributed by atoms with Crippen LogP contribution in [-0.4, -0.2) is 25.5 Å². The molecule has 1 amide bonds. The number of anilines is 1. The highest BCUT2D eigenvalue weighted by atomic mass is 19.1. The molecule has 156 valence electrons. The number of benzene rings is 2. The molecular weight excluding hydrogens is 397 g/mol. The summed E-state index contributed by atoms with van der Waals surface area (Å²) < 4.78 is 15.9. The minimum atomic E-state index is -0.413. The number of nitrogens with zero attached hydrogens (tertiary/aromatic N) is 4. The van der Waals surface area contributed by atoms with E-state index in [2.05, 4.69) is 15.5 Å². The molecule has 0 atom stereocenters. The van der Waals surface area contributed by atoms with Gasteiger partial charge in [-0.15, -0.1) is 0 Å². The van der Waals surface area contributed by atoms with Crippen molar-refractivity contribution < 1.29 is 9.18 Å². The van der Waals surface area contributed by atoms with Crippen molar-refractivity contribution in [1.82, 2.24) is 19.6 Å². The highest BCUT2D eigenvalue weighted by molar-refractivity contribution is 5.90. The van der Waals surface area contributed by atoms with Gasteiger partial charge in [0.2, 0.25) is 5.91 Å². The molecule has 0 bridgehead atoms. The van der Waals surface area contributed by atoms with Gasteiger partial charge in [-0.1, -0.05) is 18.2 Å². The molecule has 2 aromatic carbocycles. The normalized spacial score (nSPS) is 13.5. The Morgan fingerprint density at radius 3 is 2.61 bits per heavy atom. The van der Waals surface area contributed by atoms with Gasteiger partial charge in [-0.3, -0.25) is 9.59 Å². The van der Waals surface area contributed by atoms with Gasteiger partial charge in [0.05, 0.1) is 17.6 Å². The quantitative estimate of drug-likeness (QED) is 0.539. The second-order valence-corrected chi connectivity index (χ2v) is 7.78. The lowest BCUT2D eigenvalue weighted by Crippen LogP contribution is -2.31. The molecule has 1 fully saturated rings. The lowest BCUT2D eigenvalue weighted by Gasteiger charge is -2.11. The van der Waals surface area contributed by atoms with Gasteiger partial charge in [0.25, 0.3) is 5.56 Å². The van der Waals surface area contributed by atoms with Gasteiger partial charge in [-0.25, -0.2) is 13.8 Å². The van der Waals surface area contributed by atoms with Crippen LogP contribution in [0.4, 0.5) is 10.1 Å². The number of nitrogens with one attached hydrogen (secondary N) is 1. The molecule has 1 aliphatic carbocycles. The number of fused-ring (bicyclic) bond motifs is 1. The zero-order chi connectivity index (χ0) is 21.5. The zero-order valence-electron chi connectivity index (χ0n) is 16.9. The fraction of sp³-hybridized carbons (Fsp3) is 0.217. The summed E-state index contributed by atoms with van der Waals surface area (Å²) in [5, 5.41) is 12.4. The Labute approximate surface area is 177 Å². The second-order valence-electron chi connectivity index (χ2n) is 7.78. The summed E-state index contributed by atoms with van der Waals surface area (Å²) in [4.78, 5) is 25.9. The van der Waals surface area contributed by atoms with Gasteiger partial charge < -0.3 is 5.32 Å². The summed E-state index contributed by atoms with van der Waals surface area (Å²) in [7, 11) is 0. The number of halogens is 1. The number of carbonyl (C=O) groups is 1. The van der Waals surface area contributed by atoms with Crippen molar-refractivity contribution in [2.45, 2.75) is 32.2 Å². The Hall–Kier alpha value is -3.81. The number of aromatic nitrogens is 4. The Morgan fingerprint density at radius 1 is 1.16 bits per heavy atom. The smallest absolute Gasteiger partial charge is 0.293 e. The first-order valence-corrected chi connectivity index (χ1v) is 10.1. The second kappa shape index (κ2) is 7.46. The Morgan fingerprint density at radius 2 is 1.90 bits per heavy atom. The highest BCUT2D eigenvalue weighted by Gasteiger charge is 2.30. The number of hydrogen-bond acceptors (Lipinski definition) is 4. The molecule has 8 heteroatoms. The summed E-state index contributed by atoms with van der Waals surface area (Å²) in [6, 6.07) is 13.2. The maximum Gasteiger partial charge on any atom is 0.293 e. The first kappa shape index (κ1) is 19.2. The molecule has 2 heterocycles. The summed E-state index contributed by atoms with van der Waals surface area (Å²) in [6.45, 7) is 1.71. The summed E-state index contributed by atoms with van der Waals surface area (Å²) in [5.41, 5.74) is 3.08. The van der Waals surface area contributed by atoms with E-state index in [4.69, 9.17) is 0 Å². The third kappa shape index (κ3) is 3.61. The van der Waals surface area contributed by atoms with E-state index in [-0.39, 0.29) is 23.8 Å². The largest absolute Gasteiger partial charge is 0.324 e. The van der Waals surface area contributed by atoms with Crippen molar-refractivity contribution in [2.75, 3.05) is 5.32 Å². The number of rotatable bonds is 5. The van der Waals surface area contributed by atoms with Crippen LogP contribution in [0.1, 0.15) is 30.0 Å². The van der Waals surface area contributed by atoms with Crippen molar-refractivity contribution in [2.24, 2.45) is 0 Å². The van der Waals surface area contributed by atoms with Gasteiger partial charge >= 0.3 is 0 Å². The van der Waals surface area contributed by atoms with Gasteiger partial charge in [-0.2, -0.15) is 10.2 Å². The fourth-order valence-corrected chi connectivity index (χ4v) is 3.71. The molecule has 0 spiro atoms. The average molecular weight is 417 g/mol. The fourth-order valence-electron chi connectivity index (χ4n) is 3.71. The minimum Gasteiger partial charge on any atom is -0.324 e. The number of para-hydroxylation sites is 1. The molecule has 31 heavy (non-hydrogen) atoms. The topological polar surface area (TPSA) is 81.8 Å². The van der Waals surface area contributed by atoms with Gasteiger partial charge in [0.1, 0.15) is 17.9 Å². The SMILES string of the molecule is Cc1ccccc1-n1ncc2c(C3CC3)nn(CC(=O)Nc3ccc(F)cc3)c(=O)c21. The lowest BCUT2D eigenvalue weighted by molar-refractivity contribution is -0.117. The van der Waals surface area contributed by atoms with E-state index < -0.39 is 5.91 Å². The first-order valence-electron chi connectivity index (χ1n) is 10.1. The van der Waals surface area contributed by atoms with Crippen LogP contribution < -0.4 is 10.9 Å². The molecule has 2 aromatic heterocycles. The van der Waals surface area contributed by atoms with E-state index in [1.807, 2.05) is 31.2 Å².